The third kappa shape index (κ3) is 4.61. The van der Waals surface area contributed by atoms with Gasteiger partial charge in [0.1, 0.15) is 6.07 Å². The van der Waals surface area contributed by atoms with Crippen LogP contribution in [0, 0.1) is 11.3 Å². The van der Waals surface area contributed by atoms with Gasteiger partial charge in [0.15, 0.2) is 6.10 Å². The Labute approximate surface area is 116 Å². The summed E-state index contributed by atoms with van der Waals surface area (Å²) in [4.78, 5) is 22.8. The highest BCUT2D eigenvalue weighted by molar-refractivity contribution is 5.77. The van der Waals surface area contributed by atoms with Crippen molar-refractivity contribution in [3.8, 4) is 6.07 Å². The van der Waals surface area contributed by atoms with Crippen LogP contribution in [0.15, 0.2) is 30.3 Å². The van der Waals surface area contributed by atoms with Gasteiger partial charge in [0, 0.05) is 5.56 Å². The van der Waals surface area contributed by atoms with E-state index in [1.165, 1.54) is 6.92 Å². The molecule has 0 radical (unpaired) electrons. The van der Waals surface area contributed by atoms with Gasteiger partial charge in [0.05, 0.1) is 6.61 Å². The van der Waals surface area contributed by atoms with Crippen molar-refractivity contribution in [2.24, 2.45) is 0 Å². The minimum absolute atomic E-state index is 0.187. The fourth-order valence-electron chi connectivity index (χ4n) is 1.37. The maximum atomic E-state index is 11.5. The number of esters is 1. The van der Waals surface area contributed by atoms with Crippen molar-refractivity contribution in [2.75, 3.05) is 6.61 Å². The Hall–Kier alpha value is -2.55. The molecule has 6 nitrogen and oxygen atoms in total. The van der Waals surface area contributed by atoms with Gasteiger partial charge in [0.25, 0.3) is 0 Å². The second-order valence-corrected chi connectivity index (χ2v) is 3.80. The molecule has 0 unspecified atom stereocenters. The normalized spacial score (nSPS) is 12.7. The van der Waals surface area contributed by atoms with Crippen LogP contribution in [0.3, 0.4) is 0 Å². The lowest BCUT2D eigenvalue weighted by Crippen LogP contribution is -2.27. The van der Waals surface area contributed by atoms with E-state index >= 15 is 0 Å². The van der Waals surface area contributed by atoms with Crippen molar-refractivity contribution >= 4 is 12.1 Å². The molecule has 0 aromatic heterocycles. The standard InChI is InChI=1S/C14H15NO5/c1-3-18-13(16)10(2)19-14(17)20-12(9-15)11-7-5-4-6-8-11/h4-8,10,12H,3H2,1-2H3/t10-,12-/m1/s1. The smallest absolute Gasteiger partial charge is 0.463 e. The summed E-state index contributed by atoms with van der Waals surface area (Å²) in [7, 11) is 0. The zero-order valence-electron chi connectivity index (χ0n) is 11.2. The Morgan fingerprint density at radius 3 is 2.45 bits per heavy atom. The van der Waals surface area contributed by atoms with E-state index in [1.54, 1.807) is 37.3 Å². The van der Waals surface area contributed by atoms with Crippen molar-refractivity contribution in [3.63, 3.8) is 0 Å². The monoisotopic (exact) mass is 277 g/mol. The van der Waals surface area contributed by atoms with Gasteiger partial charge in [-0.25, -0.2) is 9.59 Å². The number of carbonyl (C=O) groups is 2. The summed E-state index contributed by atoms with van der Waals surface area (Å²) in [5.74, 6) is -0.669. The van der Waals surface area contributed by atoms with Crippen LogP contribution in [-0.2, 0) is 19.0 Å². The van der Waals surface area contributed by atoms with E-state index < -0.39 is 24.3 Å². The number of nitrogens with zero attached hydrogens (tertiary/aromatic N) is 1. The summed E-state index contributed by atoms with van der Waals surface area (Å²) in [5.41, 5.74) is 0.524. The van der Waals surface area contributed by atoms with Crippen LogP contribution in [0.2, 0.25) is 0 Å². The molecule has 0 aliphatic carbocycles. The molecule has 0 spiro atoms. The molecule has 1 aromatic carbocycles. The Balaban J connectivity index is 2.57. The summed E-state index contributed by atoms with van der Waals surface area (Å²) >= 11 is 0. The lowest BCUT2D eigenvalue weighted by Gasteiger charge is -2.14. The summed E-state index contributed by atoms with van der Waals surface area (Å²) in [6.45, 7) is 3.19. The molecule has 0 fully saturated rings. The van der Waals surface area contributed by atoms with Crippen LogP contribution in [0.5, 0.6) is 0 Å². The van der Waals surface area contributed by atoms with Gasteiger partial charge in [-0.05, 0) is 13.8 Å². The van der Waals surface area contributed by atoms with Crippen molar-refractivity contribution in [2.45, 2.75) is 26.1 Å². The van der Waals surface area contributed by atoms with E-state index in [2.05, 4.69) is 4.74 Å². The first-order valence-corrected chi connectivity index (χ1v) is 6.07. The third-order valence-electron chi connectivity index (χ3n) is 2.33. The van der Waals surface area contributed by atoms with E-state index in [0.717, 1.165) is 0 Å². The van der Waals surface area contributed by atoms with Crippen molar-refractivity contribution in [1.29, 1.82) is 5.26 Å². The van der Waals surface area contributed by atoms with E-state index in [9.17, 15) is 9.59 Å². The van der Waals surface area contributed by atoms with E-state index in [1.807, 2.05) is 6.07 Å². The molecular weight excluding hydrogens is 262 g/mol. The van der Waals surface area contributed by atoms with Crippen molar-refractivity contribution < 1.29 is 23.8 Å². The van der Waals surface area contributed by atoms with E-state index in [4.69, 9.17) is 14.7 Å². The molecule has 0 saturated carbocycles. The molecule has 0 amide bonds. The Bertz CT molecular complexity index is 494. The van der Waals surface area contributed by atoms with Crippen molar-refractivity contribution in [3.05, 3.63) is 35.9 Å². The molecule has 0 heterocycles. The molecule has 1 aromatic rings. The van der Waals surface area contributed by atoms with Gasteiger partial charge in [-0.15, -0.1) is 0 Å². The number of nitriles is 1. The van der Waals surface area contributed by atoms with Crippen LogP contribution in [0.25, 0.3) is 0 Å². The highest BCUT2D eigenvalue weighted by Crippen LogP contribution is 2.17. The zero-order chi connectivity index (χ0) is 15.0. The zero-order valence-corrected chi connectivity index (χ0v) is 11.2. The van der Waals surface area contributed by atoms with Crippen LogP contribution in [0.1, 0.15) is 25.5 Å². The lowest BCUT2D eigenvalue weighted by molar-refractivity contribution is -0.153. The number of benzene rings is 1. The fourth-order valence-corrected chi connectivity index (χ4v) is 1.37. The molecular formula is C14H15NO5. The quantitative estimate of drug-likeness (QED) is 0.768. The Kier molecular flexibility index (Phi) is 6.04. The molecule has 0 aliphatic rings. The maximum absolute atomic E-state index is 11.5. The average Bonchev–Trinajstić information content (AvgIpc) is 2.45. The number of carbonyl (C=O) groups excluding carboxylic acids is 2. The second-order valence-electron chi connectivity index (χ2n) is 3.80. The topological polar surface area (TPSA) is 85.6 Å². The van der Waals surface area contributed by atoms with Gasteiger partial charge in [-0.3, -0.25) is 0 Å². The number of rotatable bonds is 5. The fraction of sp³-hybridized carbons (Fsp3) is 0.357. The molecule has 0 aliphatic heterocycles. The Morgan fingerprint density at radius 2 is 1.90 bits per heavy atom. The number of ether oxygens (including phenoxy) is 3. The molecule has 1 rings (SSSR count). The van der Waals surface area contributed by atoms with E-state index in [0.29, 0.717) is 5.56 Å². The van der Waals surface area contributed by atoms with Crippen LogP contribution in [0.4, 0.5) is 4.79 Å². The van der Waals surface area contributed by atoms with Gasteiger partial charge in [0.2, 0.25) is 6.10 Å². The third-order valence-corrected chi connectivity index (χ3v) is 2.33. The molecule has 0 saturated heterocycles. The summed E-state index contributed by atoms with van der Waals surface area (Å²) in [6, 6.07) is 10.3. The summed E-state index contributed by atoms with van der Waals surface area (Å²) < 4.78 is 14.3. The first-order valence-electron chi connectivity index (χ1n) is 6.07. The second kappa shape index (κ2) is 7.79. The van der Waals surface area contributed by atoms with Crippen molar-refractivity contribution in [1.82, 2.24) is 0 Å². The van der Waals surface area contributed by atoms with Gasteiger partial charge in [-0.1, -0.05) is 30.3 Å². The molecule has 20 heavy (non-hydrogen) atoms. The number of hydrogen-bond donors (Lipinski definition) is 0. The largest absolute Gasteiger partial charge is 0.510 e. The predicted molar refractivity (Wildman–Crippen MR) is 68.5 cm³/mol. The van der Waals surface area contributed by atoms with E-state index in [-0.39, 0.29) is 6.61 Å². The highest BCUT2D eigenvalue weighted by atomic mass is 16.7. The molecule has 6 heteroatoms. The summed E-state index contributed by atoms with van der Waals surface area (Å²) in [5, 5.41) is 8.98. The SMILES string of the molecule is CCOC(=O)[C@@H](C)OC(=O)O[C@H](C#N)c1ccccc1. The maximum Gasteiger partial charge on any atom is 0.510 e. The first kappa shape index (κ1) is 15.5. The average molecular weight is 277 g/mol. The van der Waals surface area contributed by atoms with Gasteiger partial charge < -0.3 is 14.2 Å². The van der Waals surface area contributed by atoms with Gasteiger partial charge >= 0.3 is 12.1 Å². The Morgan fingerprint density at radius 1 is 1.25 bits per heavy atom. The highest BCUT2D eigenvalue weighted by Gasteiger charge is 2.23. The molecule has 2 atom stereocenters. The first-order chi connectivity index (χ1) is 9.58. The minimum Gasteiger partial charge on any atom is -0.463 e. The van der Waals surface area contributed by atoms with Gasteiger partial charge in [-0.2, -0.15) is 5.26 Å². The van der Waals surface area contributed by atoms with Crippen LogP contribution in [-0.4, -0.2) is 24.8 Å². The lowest BCUT2D eigenvalue weighted by atomic mass is 10.1. The molecule has 106 valence electrons. The molecule has 0 bridgehead atoms. The molecule has 0 N–H and O–H groups in total. The minimum atomic E-state index is -1.10. The summed E-state index contributed by atoms with van der Waals surface area (Å²) in [6.07, 6.45) is -3.27. The van der Waals surface area contributed by atoms with Crippen LogP contribution < -0.4 is 0 Å². The number of hydrogen-bond acceptors (Lipinski definition) is 6. The predicted octanol–water partition coefficient (Wildman–Crippen LogP) is 2.36. The van der Waals surface area contributed by atoms with Crippen LogP contribution >= 0.6 is 0 Å².